The summed E-state index contributed by atoms with van der Waals surface area (Å²) in [6.45, 7) is 2.14. The van der Waals surface area contributed by atoms with Gasteiger partial charge >= 0.3 is 23.9 Å². The molecule has 9 nitrogen and oxygen atoms in total. The van der Waals surface area contributed by atoms with E-state index in [1.807, 2.05) is 0 Å². The van der Waals surface area contributed by atoms with Gasteiger partial charge in [-0.15, -0.1) is 0 Å². The molecule has 44 heavy (non-hydrogen) atoms. The fourth-order valence-electron chi connectivity index (χ4n) is 6.38. The van der Waals surface area contributed by atoms with Crippen LogP contribution >= 0.6 is 0 Å². The first-order valence-corrected chi connectivity index (χ1v) is 13.3. The smallest absolute Gasteiger partial charge is 0.435 e. The van der Waals surface area contributed by atoms with Crippen LogP contribution in [0.25, 0.3) is 22.3 Å². The van der Waals surface area contributed by atoms with Crippen molar-refractivity contribution >= 4 is 22.8 Å². The Bertz CT molecular complexity index is 1850. The maximum absolute atomic E-state index is 15.0. The molecule has 4 heterocycles. The van der Waals surface area contributed by atoms with E-state index in [9.17, 15) is 55.3 Å². The van der Waals surface area contributed by atoms with Gasteiger partial charge in [-0.1, -0.05) is 6.92 Å². The summed E-state index contributed by atoms with van der Waals surface area (Å²) in [6, 6.07) is 0.793. The highest BCUT2D eigenvalue weighted by Gasteiger charge is 2.75. The molecular formula is C28H22F7N3O6. The van der Waals surface area contributed by atoms with Gasteiger partial charge in [0.25, 0.3) is 11.5 Å². The van der Waals surface area contributed by atoms with E-state index in [0.29, 0.717) is 5.56 Å². The third-order valence-electron chi connectivity index (χ3n) is 8.83. The number of ether oxygens (including phenoxy) is 1. The number of carbonyl (C=O) groups excluding carboxylic acids is 2. The molecule has 0 saturated carbocycles. The second-order valence-corrected chi connectivity index (χ2v) is 11.1. The van der Waals surface area contributed by atoms with Crippen LogP contribution in [0.5, 0.6) is 0 Å². The molecular weight excluding hydrogens is 607 g/mol. The van der Waals surface area contributed by atoms with Gasteiger partial charge in [0.1, 0.15) is 12.4 Å². The standard InChI is InChI=1S/C28H22F7N3O6/c1-3-25(42)14-6-18-21-12(8-38(18)22(39)13(14)9-44-24(25)41)20-16(37-23(40)26(43,27(30,31)32)28(33,34)35)5-4-11-10(2)15(29)7-17(36-21)19(11)20/h6-7,16,42-43H,3-5,8-9H2,1-2H3,(H,37,40)/t16?,25-/m0/s1. The maximum atomic E-state index is 15.0. The van der Waals surface area contributed by atoms with E-state index in [0.717, 1.165) is 6.07 Å². The Kier molecular flexibility index (Phi) is 6.29. The van der Waals surface area contributed by atoms with E-state index in [1.54, 1.807) is 5.32 Å². The van der Waals surface area contributed by atoms with Crippen molar-refractivity contribution in [1.29, 1.82) is 0 Å². The summed E-state index contributed by atoms with van der Waals surface area (Å²) < 4.78 is 102. The van der Waals surface area contributed by atoms with Crippen LogP contribution in [-0.2, 0) is 39.5 Å². The topological polar surface area (TPSA) is 131 Å². The fraction of sp³-hybridized carbons (Fsp3) is 0.429. The van der Waals surface area contributed by atoms with E-state index >= 15 is 0 Å². The minimum absolute atomic E-state index is 0.00792. The molecule has 0 fully saturated rings. The van der Waals surface area contributed by atoms with Crippen LogP contribution in [0.15, 0.2) is 16.9 Å². The molecule has 2 aliphatic heterocycles. The molecule has 0 saturated heterocycles. The summed E-state index contributed by atoms with van der Waals surface area (Å²) in [5.41, 5.74) is -8.08. The lowest BCUT2D eigenvalue weighted by Crippen LogP contribution is -2.66. The van der Waals surface area contributed by atoms with Crippen molar-refractivity contribution < 1.29 is 55.3 Å². The van der Waals surface area contributed by atoms with Crippen molar-refractivity contribution in [3.8, 4) is 11.4 Å². The molecule has 2 aromatic heterocycles. The minimum atomic E-state index is -6.42. The van der Waals surface area contributed by atoms with Crippen molar-refractivity contribution in [3.05, 3.63) is 61.7 Å². The molecule has 0 radical (unpaired) electrons. The van der Waals surface area contributed by atoms with E-state index in [1.165, 1.54) is 24.5 Å². The number of hydrogen-bond donors (Lipinski definition) is 3. The zero-order chi connectivity index (χ0) is 32.3. The van der Waals surface area contributed by atoms with Crippen LogP contribution in [0.1, 0.15) is 59.2 Å². The highest BCUT2D eigenvalue weighted by atomic mass is 19.4. The Balaban J connectivity index is 1.59. The molecule has 3 aromatic rings. The van der Waals surface area contributed by atoms with Crippen molar-refractivity contribution in [2.75, 3.05) is 0 Å². The molecule has 234 valence electrons. The fourth-order valence-corrected chi connectivity index (χ4v) is 6.38. The van der Waals surface area contributed by atoms with E-state index in [-0.39, 0.29) is 75.9 Å². The average molecular weight is 629 g/mol. The number of aryl methyl sites for hydroxylation is 1. The van der Waals surface area contributed by atoms with Gasteiger partial charge in [-0.05, 0) is 48.9 Å². The number of hydrogen-bond acceptors (Lipinski definition) is 7. The first kappa shape index (κ1) is 30.0. The van der Waals surface area contributed by atoms with Gasteiger partial charge in [0.05, 0.1) is 35.1 Å². The second-order valence-electron chi connectivity index (χ2n) is 11.1. The predicted octanol–water partition coefficient (Wildman–Crippen LogP) is 3.49. The van der Waals surface area contributed by atoms with E-state index in [2.05, 4.69) is 4.98 Å². The maximum Gasteiger partial charge on any atom is 0.435 e. The Morgan fingerprint density at radius 3 is 2.41 bits per heavy atom. The molecule has 0 bridgehead atoms. The van der Waals surface area contributed by atoms with Crippen molar-refractivity contribution in [1.82, 2.24) is 14.9 Å². The summed E-state index contributed by atoms with van der Waals surface area (Å²) in [5.74, 6) is -4.44. The van der Waals surface area contributed by atoms with Crippen LogP contribution in [0.3, 0.4) is 0 Å². The third kappa shape index (κ3) is 3.79. The van der Waals surface area contributed by atoms with E-state index < -0.39 is 59.5 Å². The van der Waals surface area contributed by atoms with Gasteiger partial charge in [-0.3, -0.25) is 9.59 Å². The third-order valence-corrected chi connectivity index (χ3v) is 8.83. The van der Waals surface area contributed by atoms with E-state index in [4.69, 9.17) is 4.74 Å². The number of rotatable bonds is 3. The summed E-state index contributed by atoms with van der Waals surface area (Å²) in [4.78, 5) is 43.2. The van der Waals surface area contributed by atoms with Gasteiger partial charge in [0, 0.05) is 22.6 Å². The summed E-state index contributed by atoms with van der Waals surface area (Å²) in [6.07, 6.45) is -13.4. The minimum Gasteiger partial charge on any atom is -0.458 e. The number of nitrogens with zero attached hydrogens (tertiary/aromatic N) is 2. The molecule has 1 aliphatic carbocycles. The molecule has 1 unspecified atom stereocenters. The molecule has 3 aliphatic rings. The first-order valence-electron chi connectivity index (χ1n) is 13.3. The molecule has 0 spiro atoms. The Hall–Kier alpha value is -4.05. The van der Waals surface area contributed by atoms with Gasteiger partial charge < -0.3 is 24.8 Å². The lowest BCUT2D eigenvalue weighted by Gasteiger charge is -2.34. The number of alkyl halides is 6. The average Bonchev–Trinajstić information content (AvgIpc) is 3.31. The highest BCUT2D eigenvalue weighted by Crippen LogP contribution is 2.48. The molecule has 3 N–H and O–H groups in total. The SMILES string of the molecule is CC[C@@]1(O)C(=O)OCc2c1cc1n(c2=O)Cc2c-1nc1cc(F)c(C)c3c1c2C(NC(=O)C(O)(C(F)(F)F)C(F)(F)F)CC3. The van der Waals surface area contributed by atoms with Gasteiger partial charge in [-0.2, -0.15) is 26.3 Å². The molecule has 2 atom stereocenters. The number of pyridine rings is 2. The monoisotopic (exact) mass is 629 g/mol. The normalized spacial score (nSPS) is 21.1. The first-order chi connectivity index (χ1) is 20.4. The predicted molar refractivity (Wildman–Crippen MR) is 135 cm³/mol. The zero-order valence-corrected chi connectivity index (χ0v) is 22.8. The second kappa shape index (κ2) is 9.23. The van der Waals surface area contributed by atoms with Crippen LogP contribution in [0.4, 0.5) is 30.7 Å². The number of aliphatic hydroxyl groups is 2. The van der Waals surface area contributed by atoms with Gasteiger partial charge in [-0.25, -0.2) is 14.2 Å². The summed E-state index contributed by atoms with van der Waals surface area (Å²) in [7, 11) is 0. The molecule has 16 heteroatoms. The van der Waals surface area contributed by atoms with Gasteiger partial charge in [0.2, 0.25) is 0 Å². The van der Waals surface area contributed by atoms with Crippen LogP contribution in [-0.4, -0.2) is 49.6 Å². The quantitative estimate of drug-likeness (QED) is 0.234. The summed E-state index contributed by atoms with van der Waals surface area (Å²) >= 11 is 0. The van der Waals surface area contributed by atoms with Crippen molar-refractivity contribution in [3.63, 3.8) is 0 Å². The van der Waals surface area contributed by atoms with Crippen molar-refractivity contribution in [2.24, 2.45) is 0 Å². The largest absolute Gasteiger partial charge is 0.458 e. The number of carbonyl (C=O) groups is 2. The number of amides is 1. The Morgan fingerprint density at radius 2 is 1.80 bits per heavy atom. The number of halogens is 7. The number of cyclic esters (lactones) is 1. The lowest BCUT2D eigenvalue weighted by atomic mass is 9.81. The zero-order valence-electron chi connectivity index (χ0n) is 22.8. The molecule has 6 rings (SSSR count). The summed E-state index contributed by atoms with van der Waals surface area (Å²) in [5, 5.41) is 22.7. The number of benzene rings is 1. The van der Waals surface area contributed by atoms with Crippen molar-refractivity contribution in [2.45, 2.75) is 75.9 Å². The Morgan fingerprint density at radius 1 is 1.14 bits per heavy atom. The van der Waals surface area contributed by atoms with Crippen LogP contribution in [0, 0.1) is 12.7 Å². The van der Waals surface area contributed by atoms with Crippen LogP contribution in [0.2, 0.25) is 0 Å². The van der Waals surface area contributed by atoms with Crippen LogP contribution < -0.4 is 10.9 Å². The Labute approximate surface area is 242 Å². The number of fused-ring (bicyclic) bond motifs is 5. The number of aromatic nitrogens is 2. The lowest BCUT2D eigenvalue weighted by molar-refractivity contribution is -0.350. The number of nitrogens with one attached hydrogen (secondary N) is 1. The van der Waals surface area contributed by atoms with Gasteiger partial charge in [0.15, 0.2) is 5.60 Å². The number of esters is 1. The highest BCUT2D eigenvalue weighted by molar-refractivity contribution is 5.94. The molecule has 1 aromatic carbocycles. The molecule has 1 amide bonds.